The molecular weight excluding hydrogens is 271 g/mol. The molecule has 0 aromatic rings. The molecule has 0 saturated carbocycles. The van der Waals surface area contributed by atoms with Gasteiger partial charge in [-0.15, -0.1) is 0 Å². The Morgan fingerprint density at radius 2 is 1.10 bits per heavy atom. The van der Waals surface area contributed by atoms with E-state index in [1.54, 1.807) is 6.92 Å². The van der Waals surface area contributed by atoms with Crippen LogP contribution in [0, 0.1) is 0 Å². The summed E-state index contributed by atoms with van der Waals surface area (Å²) in [6.07, 6.45) is 12.6. The van der Waals surface area contributed by atoms with Crippen molar-refractivity contribution < 1.29 is 14.4 Å². The van der Waals surface area contributed by atoms with Gasteiger partial charge in [0.1, 0.15) is 0 Å². The van der Waals surface area contributed by atoms with E-state index in [1.807, 2.05) is 0 Å². The molecule has 0 bridgehead atoms. The summed E-state index contributed by atoms with van der Waals surface area (Å²) in [5.41, 5.74) is 0. The first-order chi connectivity index (χ1) is 9.37. The predicted octanol–water partition coefficient (Wildman–Crippen LogP) is 5.64. The van der Waals surface area contributed by atoms with Gasteiger partial charge in [-0.1, -0.05) is 78.1 Å². The smallest absolute Gasteiger partial charge is 0.324 e. The van der Waals surface area contributed by atoms with Crippen molar-refractivity contribution in [2.75, 3.05) is 0 Å². The van der Waals surface area contributed by atoms with Crippen molar-refractivity contribution in [3.63, 3.8) is 0 Å². The topological polar surface area (TPSA) is 57.5 Å². The first kappa shape index (κ1) is 20.1. The second kappa shape index (κ2) is 10.8. The number of rotatable bonds is 13. The van der Waals surface area contributed by atoms with Crippen LogP contribution in [0.3, 0.4) is 0 Å². The Morgan fingerprint density at radius 3 is 1.40 bits per heavy atom. The number of hydrogen-bond donors (Lipinski definition) is 2. The zero-order valence-electron chi connectivity index (χ0n) is 13.7. The molecule has 2 N–H and O–H groups in total. The zero-order valence-corrected chi connectivity index (χ0v) is 14.6. The molecule has 20 heavy (non-hydrogen) atoms. The standard InChI is InChI=1S/C16H35O3P/c1-4-6-8-10-12-14-16(3,20(17,18)19)15-13-11-9-7-5-2/h4-15H2,1-3H3,(H2,17,18,19). The van der Waals surface area contributed by atoms with E-state index in [4.69, 9.17) is 0 Å². The summed E-state index contributed by atoms with van der Waals surface area (Å²) in [5.74, 6) is 0. The average molecular weight is 306 g/mol. The van der Waals surface area contributed by atoms with Crippen LogP contribution >= 0.6 is 7.60 Å². The molecule has 0 aromatic carbocycles. The molecule has 0 aliphatic carbocycles. The Balaban J connectivity index is 4.13. The first-order valence-electron chi connectivity index (χ1n) is 8.43. The lowest BCUT2D eigenvalue weighted by molar-refractivity contribution is 0.306. The molecular formula is C16H35O3P. The van der Waals surface area contributed by atoms with Crippen molar-refractivity contribution in [3.8, 4) is 0 Å². The fourth-order valence-electron chi connectivity index (χ4n) is 2.64. The highest BCUT2D eigenvalue weighted by molar-refractivity contribution is 7.53. The molecule has 0 rings (SSSR count). The lowest BCUT2D eigenvalue weighted by Gasteiger charge is -2.30. The van der Waals surface area contributed by atoms with Crippen LogP contribution in [0.2, 0.25) is 0 Å². The summed E-state index contributed by atoms with van der Waals surface area (Å²) in [6, 6.07) is 0. The molecule has 0 fully saturated rings. The monoisotopic (exact) mass is 306 g/mol. The van der Waals surface area contributed by atoms with Crippen LogP contribution in [0.5, 0.6) is 0 Å². The van der Waals surface area contributed by atoms with Crippen LogP contribution in [0.1, 0.15) is 97.8 Å². The van der Waals surface area contributed by atoms with Gasteiger partial charge < -0.3 is 9.79 Å². The molecule has 0 aliphatic rings. The molecule has 0 aromatic heterocycles. The highest BCUT2D eigenvalue weighted by Crippen LogP contribution is 2.55. The van der Waals surface area contributed by atoms with Gasteiger partial charge in [-0.05, 0) is 19.8 Å². The van der Waals surface area contributed by atoms with Crippen LogP contribution in [0.15, 0.2) is 0 Å². The van der Waals surface area contributed by atoms with E-state index in [1.165, 1.54) is 38.5 Å². The Kier molecular flexibility index (Phi) is 10.9. The minimum Gasteiger partial charge on any atom is -0.324 e. The Morgan fingerprint density at radius 1 is 0.750 bits per heavy atom. The van der Waals surface area contributed by atoms with Gasteiger partial charge in [-0.2, -0.15) is 0 Å². The summed E-state index contributed by atoms with van der Waals surface area (Å²) in [4.78, 5) is 19.3. The van der Waals surface area contributed by atoms with Crippen molar-refractivity contribution in [3.05, 3.63) is 0 Å². The van der Waals surface area contributed by atoms with Gasteiger partial charge in [-0.25, -0.2) is 0 Å². The van der Waals surface area contributed by atoms with E-state index in [0.717, 1.165) is 25.7 Å². The van der Waals surface area contributed by atoms with Crippen molar-refractivity contribution in [2.24, 2.45) is 0 Å². The van der Waals surface area contributed by atoms with Crippen LogP contribution < -0.4 is 0 Å². The average Bonchev–Trinajstić information content (AvgIpc) is 2.37. The van der Waals surface area contributed by atoms with Crippen LogP contribution in [0.4, 0.5) is 0 Å². The molecule has 0 amide bonds. The first-order valence-corrected chi connectivity index (χ1v) is 10.0. The molecule has 0 spiro atoms. The fourth-order valence-corrected chi connectivity index (χ4v) is 3.53. The summed E-state index contributed by atoms with van der Waals surface area (Å²) >= 11 is 0. The molecule has 0 heterocycles. The van der Waals surface area contributed by atoms with Gasteiger partial charge in [0.2, 0.25) is 0 Å². The Bertz CT molecular complexity index is 259. The number of unbranched alkanes of at least 4 members (excludes halogenated alkanes) is 8. The van der Waals surface area contributed by atoms with E-state index >= 15 is 0 Å². The minimum atomic E-state index is -4.00. The molecule has 4 heteroatoms. The fraction of sp³-hybridized carbons (Fsp3) is 1.00. The lowest BCUT2D eigenvalue weighted by Crippen LogP contribution is -2.24. The molecule has 0 unspecified atom stereocenters. The zero-order chi connectivity index (χ0) is 15.5. The van der Waals surface area contributed by atoms with Gasteiger partial charge in [0, 0.05) is 0 Å². The van der Waals surface area contributed by atoms with Gasteiger partial charge in [0.05, 0.1) is 5.16 Å². The maximum absolute atomic E-state index is 11.8. The third-order valence-corrected chi connectivity index (χ3v) is 6.19. The van der Waals surface area contributed by atoms with Crippen molar-refractivity contribution >= 4 is 7.60 Å². The summed E-state index contributed by atoms with van der Waals surface area (Å²) in [7, 11) is -4.00. The SMILES string of the molecule is CCCCCCCC(C)(CCCCCCC)P(=O)(O)O. The largest absolute Gasteiger partial charge is 0.331 e. The molecule has 3 nitrogen and oxygen atoms in total. The van der Waals surface area contributed by atoms with Crippen molar-refractivity contribution in [1.29, 1.82) is 0 Å². The summed E-state index contributed by atoms with van der Waals surface area (Å²) in [6.45, 7) is 6.14. The summed E-state index contributed by atoms with van der Waals surface area (Å²) < 4.78 is 11.8. The Labute approximate surface area is 125 Å². The van der Waals surface area contributed by atoms with E-state index in [2.05, 4.69) is 13.8 Å². The van der Waals surface area contributed by atoms with Crippen LogP contribution in [-0.4, -0.2) is 14.9 Å². The predicted molar refractivity (Wildman–Crippen MR) is 87.2 cm³/mol. The van der Waals surface area contributed by atoms with Crippen molar-refractivity contribution in [2.45, 2.75) is 103 Å². The lowest BCUT2D eigenvalue weighted by atomic mass is 9.95. The van der Waals surface area contributed by atoms with Gasteiger partial charge >= 0.3 is 7.60 Å². The second-order valence-electron chi connectivity index (χ2n) is 6.37. The molecule has 0 aliphatic heterocycles. The summed E-state index contributed by atoms with van der Waals surface area (Å²) in [5, 5.41) is -0.800. The van der Waals surface area contributed by atoms with Crippen LogP contribution in [0.25, 0.3) is 0 Å². The van der Waals surface area contributed by atoms with Crippen LogP contribution in [-0.2, 0) is 4.57 Å². The normalized spacial score (nSPS) is 12.8. The number of hydrogen-bond acceptors (Lipinski definition) is 1. The highest BCUT2D eigenvalue weighted by Gasteiger charge is 2.40. The molecule has 0 saturated heterocycles. The van der Waals surface area contributed by atoms with E-state index in [-0.39, 0.29) is 0 Å². The maximum Gasteiger partial charge on any atom is 0.331 e. The quantitative estimate of drug-likeness (QED) is 0.342. The van der Waals surface area contributed by atoms with E-state index < -0.39 is 12.8 Å². The van der Waals surface area contributed by atoms with E-state index in [9.17, 15) is 14.4 Å². The molecule has 0 atom stereocenters. The van der Waals surface area contributed by atoms with Gasteiger partial charge in [0.15, 0.2) is 0 Å². The van der Waals surface area contributed by atoms with E-state index in [0.29, 0.717) is 12.8 Å². The third-order valence-electron chi connectivity index (χ3n) is 4.34. The minimum absolute atomic E-state index is 0.661. The van der Waals surface area contributed by atoms with Gasteiger partial charge in [-0.3, -0.25) is 4.57 Å². The Hall–Kier alpha value is 0.150. The van der Waals surface area contributed by atoms with Gasteiger partial charge in [0.25, 0.3) is 0 Å². The molecule has 0 radical (unpaired) electrons. The van der Waals surface area contributed by atoms with Crippen molar-refractivity contribution in [1.82, 2.24) is 0 Å². The highest BCUT2D eigenvalue weighted by atomic mass is 31.2. The second-order valence-corrected chi connectivity index (χ2v) is 8.54. The molecule has 122 valence electrons. The third kappa shape index (κ3) is 8.44. The maximum atomic E-state index is 11.8.